The number of hydrogen-bond acceptors (Lipinski definition) is 8. The Kier molecular flexibility index (Phi) is 10.3. The first-order chi connectivity index (χ1) is 17.6. The smallest absolute Gasteiger partial charge is 0.254 e. The number of furan rings is 1. The molecule has 0 saturated carbocycles. The summed E-state index contributed by atoms with van der Waals surface area (Å²) in [4.78, 5) is 19.4. The molecule has 2 saturated heterocycles. The number of aliphatic hydroxyl groups excluding tert-OH is 1. The number of morpholine rings is 2. The zero-order valence-corrected chi connectivity index (χ0v) is 20.6. The monoisotopic (exact) mass is 505 g/mol. The predicted molar refractivity (Wildman–Crippen MR) is 130 cm³/mol. The number of amides is 1. The normalized spacial score (nSPS) is 20.3. The van der Waals surface area contributed by atoms with Gasteiger partial charge in [0, 0.05) is 57.9 Å². The Balaban J connectivity index is 1.30. The van der Waals surface area contributed by atoms with E-state index in [-0.39, 0.29) is 18.6 Å². The number of benzene rings is 1. The maximum Gasteiger partial charge on any atom is 0.254 e. The van der Waals surface area contributed by atoms with Crippen LogP contribution < -0.4 is 0 Å². The Morgan fingerprint density at radius 2 is 2.00 bits per heavy atom. The molecular weight excluding hydrogens is 469 g/mol. The summed E-state index contributed by atoms with van der Waals surface area (Å²) in [5.74, 6) is 0.0703. The lowest BCUT2D eigenvalue weighted by molar-refractivity contribution is -0.0610. The van der Waals surface area contributed by atoms with E-state index in [1.54, 1.807) is 29.4 Å². The summed E-state index contributed by atoms with van der Waals surface area (Å²) < 4.78 is 36.0. The second kappa shape index (κ2) is 13.8. The van der Waals surface area contributed by atoms with Crippen molar-refractivity contribution in [2.24, 2.45) is 0 Å². The molecule has 2 atom stereocenters. The maximum atomic E-state index is 13.8. The zero-order valence-electron chi connectivity index (χ0n) is 20.6. The van der Waals surface area contributed by atoms with E-state index in [2.05, 4.69) is 9.80 Å². The van der Waals surface area contributed by atoms with Gasteiger partial charge in [-0.2, -0.15) is 0 Å². The number of aliphatic hydroxyl groups is 1. The van der Waals surface area contributed by atoms with Crippen LogP contribution in [0.5, 0.6) is 0 Å². The molecule has 198 valence electrons. The van der Waals surface area contributed by atoms with E-state index < -0.39 is 11.9 Å². The highest BCUT2D eigenvalue weighted by atomic mass is 19.1. The second-order valence-electron chi connectivity index (χ2n) is 9.22. The van der Waals surface area contributed by atoms with Gasteiger partial charge in [-0.15, -0.1) is 0 Å². The third-order valence-corrected chi connectivity index (χ3v) is 6.40. The molecule has 0 aliphatic carbocycles. The highest BCUT2D eigenvalue weighted by molar-refractivity contribution is 5.94. The highest BCUT2D eigenvalue weighted by Gasteiger charge is 2.27. The van der Waals surface area contributed by atoms with Gasteiger partial charge in [0.25, 0.3) is 5.91 Å². The molecule has 2 aliphatic heterocycles. The number of carbonyl (C=O) groups excluding carboxylic acids is 1. The first-order valence-corrected chi connectivity index (χ1v) is 12.5. The van der Waals surface area contributed by atoms with E-state index in [4.69, 9.17) is 18.6 Å². The van der Waals surface area contributed by atoms with Gasteiger partial charge in [0.15, 0.2) is 0 Å². The molecule has 0 bridgehead atoms. The van der Waals surface area contributed by atoms with Crippen LogP contribution in [0.3, 0.4) is 0 Å². The minimum absolute atomic E-state index is 0.201. The van der Waals surface area contributed by atoms with Crippen LogP contribution in [0.25, 0.3) is 0 Å². The molecule has 1 aromatic heterocycles. The van der Waals surface area contributed by atoms with Crippen molar-refractivity contribution >= 4 is 5.91 Å². The van der Waals surface area contributed by atoms with Gasteiger partial charge in [0.1, 0.15) is 18.2 Å². The fourth-order valence-electron chi connectivity index (χ4n) is 4.51. The van der Waals surface area contributed by atoms with E-state index in [9.17, 15) is 14.3 Å². The van der Waals surface area contributed by atoms with Crippen LogP contribution in [-0.4, -0.2) is 117 Å². The highest BCUT2D eigenvalue weighted by Crippen LogP contribution is 2.13. The van der Waals surface area contributed by atoms with Crippen molar-refractivity contribution in [3.8, 4) is 0 Å². The van der Waals surface area contributed by atoms with Crippen molar-refractivity contribution < 1.29 is 32.9 Å². The third kappa shape index (κ3) is 8.36. The number of β-amino-alcohol motifs (C(OH)–C–C–N with tert-alkyl or cyclic N) is 1. The summed E-state index contributed by atoms with van der Waals surface area (Å²) >= 11 is 0. The molecule has 2 fully saturated rings. The molecule has 1 aromatic carbocycles. The van der Waals surface area contributed by atoms with E-state index in [0.717, 1.165) is 13.1 Å². The van der Waals surface area contributed by atoms with Crippen LogP contribution in [0.2, 0.25) is 0 Å². The van der Waals surface area contributed by atoms with Crippen molar-refractivity contribution in [2.75, 3.05) is 78.8 Å². The van der Waals surface area contributed by atoms with Gasteiger partial charge in [-0.1, -0.05) is 6.07 Å². The molecule has 1 N–H and O–H groups in total. The van der Waals surface area contributed by atoms with Gasteiger partial charge in [-0.05, 0) is 30.3 Å². The summed E-state index contributed by atoms with van der Waals surface area (Å²) in [6.07, 6.45) is 0.731. The third-order valence-electron chi connectivity index (χ3n) is 6.40. The SMILES string of the molecule is O=C(c1cccc(F)c1)N(CCN1CCOCC1)C[C@H]1CN(C[C@H](O)COCc2ccco2)CCO1. The molecule has 2 aliphatic rings. The molecular formula is C26H36FN3O6. The Hall–Kier alpha value is -2.34. The standard InChI is InChI=1S/C26H36FN3O6/c27-22-4-1-3-21(15-22)26(32)30(7-6-28-8-12-33-13-9-28)18-25-17-29(10-14-36-25)16-23(31)19-34-20-24-5-2-11-35-24/h1-5,11,15,23,25,31H,6-10,12-14,16-20H2/t23-,25+/m0/s1. The van der Waals surface area contributed by atoms with Crippen LogP contribution in [-0.2, 0) is 20.8 Å². The van der Waals surface area contributed by atoms with E-state index >= 15 is 0 Å². The molecule has 0 unspecified atom stereocenters. The van der Waals surface area contributed by atoms with E-state index in [0.29, 0.717) is 77.0 Å². The minimum Gasteiger partial charge on any atom is -0.467 e. The number of carbonyl (C=O) groups is 1. The zero-order chi connectivity index (χ0) is 25.2. The Morgan fingerprint density at radius 3 is 2.78 bits per heavy atom. The van der Waals surface area contributed by atoms with Gasteiger partial charge in [0.05, 0.1) is 44.9 Å². The molecule has 2 aromatic rings. The second-order valence-corrected chi connectivity index (χ2v) is 9.22. The van der Waals surface area contributed by atoms with Gasteiger partial charge in [-0.3, -0.25) is 14.6 Å². The van der Waals surface area contributed by atoms with Crippen molar-refractivity contribution in [1.82, 2.24) is 14.7 Å². The first kappa shape index (κ1) is 26.7. The number of rotatable bonds is 12. The van der Waals surface area contributed by atoms with Crippen molar-refractivity contribution in [3.63, 3.8) is 0 Å². The van der Waals surface area contributed by atoms with Crippen LogP contribution in [0.15, 0.2) is 47.1 Å². The maximum absolute atomic E-state index is 13.8. The summed E-state index contributed by atoms with van der Waals surface area (Å²) in [6.45, 7) is 7.40. The van der Waals surface area contributed by atoms with Crippen LogP contribution >= 0.6 is 0 Å². The molecule has 0 spiro atoms. The van der Waals surface area contributed by atoms with E-state index in [1.807, 2.05) is 6.07 Å². The van der Waals surface area contributed by atoms with Crippen LogP contribution in [0.1, 0.15) is 16.1 Å². The van der Waals surface area contributed by atoms with Crippen molar-refractivity contribution in [3.05, 3.63) is 59.8 Å². The molecule has 1 amide bonds. The lowest BCUT2D eigenvalue weighted by Crippen LogP contribution is -2.52. The van der Waals surface area contributed by atoms with Crippen LogP contribution in [0, 0.1) is 5.82 Å². The lowest BCUT2D eigenvalue weighted by atomic mass is 10.1. The number of halogens is 1. The summed E-state index contributed by atoms with van der Waals surface area (Å²) in [6, 6.07) is 9.43. The van der Waals surface area contributed by atoms with Gasteiger partial charge in [0.2, 0.25) is 0 Å². The lowest BCUT2D eigenvalue weighted by Gasteiger charge is -2.37. The molecule has 3 heterocycles. The molecule has 10 heteroatoms. The average Bonchev–Trinajstić information content (AvgIpc) is 3.40. The van der Waals surface area contributed by atoms with Crippen molar-refractivity contribution in [2.45, 2.75) is 18.8 Å². The Bertz CT molecular complexity index is 924. The number of hydrogen-bond donors (Lipinski definition) is 1. The summed E-state index contributed by atoms with van der Waals surface area (Å²) in [5.41, 5.74) is 0.328. The first-order valence-electron chi connectivity index (χ1n) is 12.5. The minimum atomic E-state index is -0.648. The van der Waals surface area contributed by atoms with Crippen LogP contribution in [0.4, 0.5) is 4.39 Å². The summed E-state index contributed by atoms with van der Waals surface area (Å²) in [7, 11) is 0. The molecule has 4 rings (SSSR count). The number of ether oxygens (including phenoxy) is 3. The fraction of sp³-hybridized carbons (Fsp3) is 0.577. The van der Waals surface area contributed by atoms with E-state index in [1.165, 1.54) is 12.1 Å². The predicted octanol–water partition coefficient (Wildman–Crippen LogP) is 1.47. The fourth-order valence-corrected chi connectivity index (χ4v) is 4.51. The van der Waals surface area contributed by atoms with Crippen molar-refractivity contribution in [1.29, 1.82) is 0 Å². The molecule has 36 heavy (non-hydrogen) atoms. The van der Waals surface area contributed by atoms with Gasteiger partial charge >= 0.3 is 0 Å². The number of nitrogens with zero attached hydrogens (tertiary/aromatic N) is 3. The van der Waals surface area contributed by atoms with Gasteiger partial charge < -0.3 is 28.6 Å². The molecule has 9 nitrogen and oxygen atoms in total. The quantitative estimate of drug-likeness (QED) is 0.464. The Morgan fingerprint density at radius 1 is 1.17 bits per heavy atom. The largest absolute Gasteiger partial charge is 0.467 e. The average molecular weight is 506 g/mol. The topological polar surface area (TPSA) is 87.9 Å². The Labute approximate surface area is 211 Å². The summed E-state index contributed by atoms with van der Waals surface area (Å²) in [5, 5.41) is 10.4. The van der Waals surface area contributed by atoms with Gasteiger partial charge in [-0.25, -0.2) is 4.39 Å². The molecule has 0 radical (unpaired) electrons.